The van der Waals surface area contributed by atoms with Crippen LogP contribution in [0.25, 0.3) is 0 Å². The van der Waals surface area contributed by atoms with Gasteiger partial charge in [-0.05, 0) is 38.3 Å². The third kappa shape index (κ3) is 4.94. The van der Waals surface area contributed by atoms with E-state index in [-0.39, 0.29) is 12.0 Å². The second-order valence-electron chi connectivity index (χ2n) is 5.84. The zero-order chi connectivity index (χ0) is 13.6. The number of nitrogens with zero attached hydrogens (tertiary/aromatic N) is 1. The Kier molecular flexibility index (Phi) is 6.09. The van der Waals surface area contributed by atoms with E-state index in [0.29, 0.717) is 12.0 Å². The van der Waals surface area contributed by atoms with Crippen molar-refractivity contribution in [2.75, 3.05) is 32.8 Å². The van der Waals surface area contributed by atoms with Crippen LogP contribution in [0.2, 0.25) is 0 Å². The number of esters is 1. The van der Waals surface area contributed by atoms with E-state index in [4.69, 9.17) is 4.74 Å². The van der Waals surface area contributed by atoms with Crippen molar-refractivity contribution < 1.29 is 9.53 Å². The van der Waals surface area contributed by atoms with Gasteiger partial charge in [0, 0.05) is 13.1 Å². The average Bonchev–Trinajstić information content (AvgIpc) is 2.64. The van der Waals surface area contributed by atoms with Crippen molar-refractivity contribution in [1.29, 1.82) is 0 Å². The third-order valence-electron chi connectivity index (χ3n) is 3.51. The number of carbonyl (C=O) groups is 1. The summed E-state index contributed by atoms with van der Waals surface area (Å²) in [7, 11) is 0. The zero-order valence-electron chi connectivity index (χ0n) is 12.3. The average molecular weight is 256 g/mol. The normalized spacial score (nSPS) is 20.9. The fourth-order valence-electron chi connectivity index (χ4n) is 2.52. The Morgan fingerprint density at radius 2 is 2.17 bits per heavy atom. The van der Waals surface area contributed by atoms with Gasteiger partial charge < -0.3 is 15.0 Å². The van der Waals surface area contributed by atoms with Gasteiger partial charge in [0.15, 0.2) is 0 Å². The van der Waals surface area contributed by atoms with Gasteiger partial charge in [-0.2, -0.15) is 0 Å². The van der Waals surface area contributed by atoms with Crippen molar-refractivity contribution >= 4 is 5.97 Å². The Balaban J connectivity index is 2.36. The molecule has 1 heterocycles. The van der Waals surface area contributed by atoms with Crippen LogP contribution in [-0.4, -0.2) is 49.7 Å². The summed E-state index contributed by atoms with van der Waals surface area (Å²) in [6.45, 7) is 13.0. The number of hydrogen-bond donors (Lipinski definition) is 1. The van der Waals surface area contributed by atoms with Crippen LogP contribution in [0.1, 0.15) is 40.5 Å². The van der Waals surface area contributed by atoms with Crippen molar-refractivity contribution in [3.05, 3.63) is 0 Å². The standard InChI is InChI=1S/C14H28N2O2/c1-5-15-12(13(17)18-6-2)7-9-16-10-8-14(3,4)11-16/h12,15H,5-11H2,1-4H3. The second-order valence-corrected chi connectivity index (χ2v) is 5.84. The minimum atomic E-state index is -0.154. The number of hydrogen-bond acceptors (Lipinski definition) is 4. The molecular formula is C14H28N2O2. The Bertz CT molecular complexity index is 267. The highest BCUT2D eigenvalue weighted by atomic mass is 16.5. The van der Waals surface area contributed by atoms with Gasteiger partial charge in [0.2, 0.25) is 0 Å². The molecular weight excluding hydrogens is 228 g/mol. The fourth-order valence-corrected chi connectivity index (χ4v) is 2.52. The van der Waals surface area contributed by atoms with Crippen molar-refractivity contribution in [2.24, 2.45) is 5.41 Å². The summed E-state index contributed by atoms with van der Waals surface area (Å²) < 4.78 is 5.09. The molecule has 0 saturated carbocycles. The Morgan fingerprint density at radius 3 is 2.67 bits per heavy atom. The Morgan fingerprint density at radius 1 is 1.44 bits per heavy atom. The summed E-state index contributed by atoms with van der Waals surface area (Å²) >= 11 is 0. The second kappa shape index (κ2) is 7.10. The first-order valence-electron chi connectivity index (χ1n) is 7.11. The number of likely N-dealkylation sites (tertiary alicyclic amines) is 1. The molecule has 1 N–H and O–H groups in total. The molecule has 18 heavy (non-hydrogen) atoms. The van der Waals surface area contributed by atoms with Gasteiger partial charge in [0.05, 0.1) is 6.61 Å². The Hall–Kier alpha value is -0.610. The predicted molar refractivity (Wildman–Crippen MR) is 73.6 cm³/mol. The van der Waals surface area contributed by atoms with Gasteiger partial charge in [0.1, 0.15) is 6.04 Å². The molecule has 1 rings (SSSR count). The summed E-state index contributed by atoms with van der Waals surface area (Å²) in [5.74, 6) is -0.113. The highest BCUT2D eigenvalue weighted by Gasteiger charge is 2.29. The van der Waals surface area contributed by atoms with Crippen LogP contribution in [0.4, 0.5) is 0 Å². The molecule has 0 aliphatic carbocycles. The van der Waals surface area contributed by atoms with Gasteiger partial charge in [-0.15, -0.1) is 0 Å². The van der Waals surface area contributed by atoms with Crippen molar-refractivity contribution in [3.8, 4) is 0 Å². The first-order valence-corrected chi connectivity index (χ1v) is 7.11. The predicted octanol–water partition coefficient (Wildman–Crippen LogP) is 1.65. The molecule has 4 nitrogen and oxygen atoms in total. The molecule has 0 amide bonds. The van der Waals surface area contributed by atoms with E-state index in [9.17, 15) is 4.79 Å². The molecule has 0 aromatic carbocycles. The molecule has 106 valence electrons. The topological polar surface area (TPSA) is 41.6 Å². The van der Waals surface area contributed by atoms with Gasteiger partial charge in [-0.25, -0.2) is 0 Å². The minimum absolute atomic E-state index is 0.113. The van der Waals surface area contributed by atoms with Gasteiger partial charge in [-0.3, -0.25) is 4.79 Å². The van der Waals surface area contributed by atoms with E-state index in [1.54, 1.807) is 0 Å². The van der Waals surface area contributed by atoms with E-state index >= 15 is 0 Å². The lowest BCUT2D eigenvalue weighted by molar-refractivity contribution is -0.145. The lowest BCUT2D eigenvalue weighted by Crippen LogP contribution is -2.40. The van der Waals surface area contributed by atoms with E-state index in [1.807, 2.05) is 13.8 Å². The quantitative estimate of drug-likeness (QED) is 0.703. The van der Waals surface area contributed by atoms with Crippen LogP contribution in [0.15, 0.2) is 0 Å². The number of ether oxygens (including phenoxy) is 1. The molecule has 1 aliphatic rings. The van der Waals surface area contributed by atoms with Crippen LogP contribution >= 0.6 is 0 Å². The maximum absolute atomic E-state index is 11.8. The maximum atomic E-state index is 11.8. The lowest BCUT2D eigenvalue weighted by Gasteiger charge is -2.22. The largest absolute Gasteiger partial charge is 0.465 e. The van der Waals surface area contributed by atoms with Crippen LogP contribution in [0, 0.1) is 5.41 Å². The lowest BCUT2D eigenvalue weighted by atomic mass is 9.93. The van der Waals surface area contributed by atoms with E-state index in [0.717, 1.165) is 32.6 Å². The molecule has 4 heteroatoms. The number of nitrogens with one attached hydrogen (secondary N) is 1. The zero-order valence-corrected chi connectivity index (χ0v) is 12.3. The van der Waals surface area contributed by atoms with Crippen LogP contribution in [-0.2, 0) is 9.53 Å². The molecule has 0 spiro atoms. The van der Waals surface area contributed by atoms with Crippen molar-refractivity contribution in [2.45, 2.75) is 46.6 Å². The molecule has 1 aliphatic heterocycles. The number of likely N-dealkylation sites (N-methyl/N-ethyl adjacent to an activating group) is 1. The van der Waals surface area contributed by atoms with Crippen molar-refractivity contribution in [1.82, 2.24) is 10.2 Å². The molecule has 0 bridgehead atoms. The molecule has 0 radical (unpaired) electrons. The molecule has 0 aromatic rings. The van der Waals surface area contributed by atoms with Crippen LogP contribution in [0.3, 0.4) is 0 Å². The summed E-state index contributed by atoms with van der Waals surface area (Å²) in [5, 5.41) is 3.21. The summed E-state index contributed by atoms with van der Waals surface area (Å²) in [6, 6.07) is -0.154. The summed E-state index contributed by atoms with van der Waals surface area (Å²) in [4.78, 5) is 14.2. The first-order chi connectivity index (χ1) is 8.48. The molecule has 1 unspecified atom stereocenters. The fraction of sp³-hybridized carbons (Fsp3) is 0.929. The van der Waals surface area contributed by atoms with Crippen LogP contribution < -0.4 is 5.32 Å². The molecule has 1 fully saturated rings. The summed E-state index contributed by atoms with van der Waals surface area (Å²) in [5.41, 5.74) is 0.428. The van der Waals surface area contributed by atoms with Crippen LogP contribution in [0.5, 0.6) is 0 Å². The molecule has 1 atom stereocenters. The number of rotatable bonds is 7. The summed E-state index contributed by atoms with van der Waals surface area (Å²) in [6.07, 6.45) is 2.08. The maximum Gasteiger partial charge on any atom is 0.323 e. The number of carbonyl (C=O) groups excluding carboxylic acids is 1. The van der Waals surface area contributed by atoms with Gasteiger partial charge in [-0.1, -0.05) is 20.8 Å². The third-order valence-corrected chi connectivity index (χ3v) is 3.51. The molecule has 1 saturated heterocycles. The SMILES string of the molecule is CCNC(CCN1CCC(C)(C)C1)C(=O)OCC. The molecule has 0 aromatic heterocycles. The van der Waals surface area contributed by atoms with Gasteiger partial charge >= 0.3 is 5.97 Å². The smallest absolute Gasteiger partial charge is 0.323 e. The Labute approximate surface area is 111 Å². The first kappa shape index (κ1) is 15.4. The monoisotopic (exact) mass is 256 g/mol. The van der Waals surface area contributed by atoms with Crippen molar-refractivity contribution in [3.63, 3.8) is 0 Å². The highest BCUT2D eigenvalue weighted by Crippen LogP contribution is 2.28. The highest BCUT2D eigenvalue weighted by molar-refractivity contribution is 5.75. The van der Waals surface area contributed by atoms with Gasteiger partial charge in [0.25, 0.3) is 0 Å². The van der Waals surface area contributed by atoms with E-state index < -0.39 is 0 Å². The van der Waals surface area contributed by atoms with E-state index in [1.165, 1.54) is 6.42 Å². The van der Waals surface area contributed by atoms with E-state index in [2.05, 4.69) is 24.1 Å². The minimum Gasteiger partial charge on any atom is -0.465 e.